The van der Waals surface area contributed by atoms with Crippen molar-refractivity contribution >= 4 is 5.91 Å². The number of aromatic nitrogens is 2. The van der Waals surface area contributed by atoms with E-state index in [1.54, 1.807) is 23.2 Å². The fraction of sp³-hybridized carbons (Fsp3) is 0.450. The van der Waals surface area contributed by atoms with Gasteiger partial charge in [0.2, 0.25) is 5.88 Å². The van der Waals surface area contributed by atoms with Crippen LogP contribution in [0.4, 0.5) is 0 Å². The maximum absolute atomic E-state index is 12.8. The number of amides is 1. The van der Waals surface area contributed by atoms with E-state index in [1.165, 1.54) is 0 Å². The van der Waals surface area contributed by atoms with Crippen LogP contribution in [-0.2, 0) is 11.3 Å². The van der Waals surface area contributed by atoms with Crippen LogP contribution in [0.2, 0.25) is 0 Å². The molecule has 0 saturated carbocycles. The Morgan fingerprint density at radius 1 is 1.11 bits per heavy atom. The van der Waals surface area contributed by atoms with Crippen molar-refractivity contribution in [1.82, 2.24) is 19.8 Å². The Kier molecular flexibility index (Phi) is 5.60. The molecule has 7 heteroatoms. The van der Waals surface area contributed by atoms with Gasteiger partial charge in [0.25, 0.3) is 5.91 Å². The molecular weight excluding hydrogens is 344 g/mol. The third-order valence-electron chi connectivity index (χ3n) is 4.92. The summed E-state index contributed by atoms with van der Waals surface area (Å²) in [7, 11) is 0. The third kappa shape index (κ3) is 4.43. The van der Waals surface area contributed by atoms with Crippen molar-refractivity contribution in [2.24, 2.45) is 0 Å². The van der Waals surface area contributed by atoms with Crippen molar-refractivity contribution in [3.63, 3.8) is 0 Å². The lowest BCUT2D eigenvalue weighted by Crippen LogP contribution is -2.41. The van der Waals surface area contributed by atoms with E-state index in [9.17, 15) is 4.79 Å². The summed E-state index contributed by atoms with van der Waals surface area (Å²) in [6, 6.07) is 9.53. The quantitative estimate of drug-likeness (QED) is 0.799. The lowest BCUT2D eigenvalue weighted by Gasteiger charge is -2.27. The zero-order valence-corrected chi connectivity index (χ0v) is 15.3. The van der Waals surface area contributed by atoms with E-state index in [1.807, 2.05) is 24.4 Å². The van der Waals surface area contributed by atoms with Crippen LogP contribution in [0, 0.1) is 0 Å². The molecule has 0 bridgehead atoms. The summed E-state index contributed by atoms with van der Waals surface area (Å²) >= 11 is 0. The van der Waals surface area contributed by atoms with E-state index in [2.05, 4.69) is 14.9 Å². The van der Waals surface area contributed by atoms with Crippen molar-refractivity contribution in [2.75, 3.05) is 39.4 Å². The molecule has 4 heterocycles. The molecule has 1 atom stereocenters. The Balaban J connectivity index is 1.39. The smallest absolute Gasteiger partial charge is 0.259 e. The SMILES string of the molecule is O=C(c1cccnc1OC1CCN(Cc2ccccn2)C1)N1CCOCC1. The summed E-state index contributed by atoms with van der Waals surface area (Å²) in [6.45, 7) is 4.92. The first-order valence-electron chi connectivity index (χ1n) is 9.40. The average Bonchev–Trinajstić information content (AvgIpc) is 3.16. The Morgan fingerprint density at radius 3 is 2.78 bits per heavy atom. The van der Waals surface area contributed by atoms with Crippen LogP contribution in [0.1, 0.15) is 22.5 Å². The molecule has 2 aromatic rings. The second-order valence-electron chi connectivity index (χ2n) is 6.85. The molecule has 27 heavy (non-hydrogen) atoms. The summed E-state index contributed by atoms with van der Waals surface area (Å²) in [6.07, 6.45) is 4.43. The molecule has 4 rings (SSSR count). The van der Waals surface area contributed by atoms with E-state index in [0.717, 1.165) is 31.7 Å². The Morgan fingerprint density at radius 2 is 1.96 bits per heavy atom. The minimum Gasteiger partial charge on any atom is -0.472 e. The van der Waals surface area contributed by atoms with Gasteiger partial charge in [-0.05, 0) is 30.7 Å². The van der Waals surface area contributed by atoms with Crippen LogP contribution >= 0.6 is 0 Å². The number of hydrogen-bond acceptors (Lipinski definition) is 6. The van der Waals surface area contributed by atoms with Gasteiger partial charge in [-0.1, -0.05) is 6.07 Å². The molecule has 2 aliphatic rings. The fourth-order valence-corrected chi connectivity index (χ4v) is 3.50. The summed E-state index contributed by atoms with van der Waals surface area (Å²) in [5, 5.41) is 0. The number of carbonyl (C=O) groups is 1. The zero-order valence-electron chi connectivity index (χ0n) is 15.3. The molecule has 2 fully saturated rings. The van der Waals surface area contributed by atoms with Crippen molar-refractivity contribution in [1.29, 1.82) is 0 Å². The Labute approximate surface area is 158 Å². The second kappa shape index (κ2) is 8.45. The summed E-state index contributed by atoms with van der Waals surface area (Å²) < 4.78 is 11.5. The molecule has 0 aliphatic carbocycles. The highest BCUT2D eigenvalue weighted by Gasteiger charge is 2.28. The minimum absolute atomic E-state index is 0.0276. The Bertz CT molecular complexity index is 765. The van der Waals surface area contributed by atoms with Crippen LogP contribution in [0.25, 0.3) is 0 Å². The van der Waals surface area contributed by atoms with E-state index < -0.39 is 0 Å². The predicted molar refractivity (Wildman–Crippen MR) is 99.5 cm³/mol. The van der Waals surface area contributed by atoms with Gasteiger partial charge < -0.3 is 14.4 Å². The number of rotatable bonds is 5. The minimum atomic E-state index is -0.0373. The zero-order chi connectivity index (χ0) is 18.5. The first-order valence-corrected chi connectivity index (χ1v) is 9.40. The van der Waals surface area contributed by atoms with Gasteiger partial charge >= 0.3 is 0 Å². The normalized spacial score (nSPS) is 20.6. The molecule has 142 valence electrons. The Hall–Kier alpha value is -2.51. The molecule has 0 N–H and O–H groups in total. The molecule has 0 aromatic carbocycles. The summed E-state index contributed by atoms with van der Waals surface area (Å²) in [5.41, 5.74) is 1.58. The third-order valence-corrected chi connectivity index (χ3v) is 4.92. The second-order valence-corrected chi connectivity index (χ2v) is 6.85. The van der Waals surface area contributed by atoms with Gasteiger partial charge in [0.05, 0.1) is 18.9 Å². The van der Waals surface area contributed by atoms with Gasteiger partial charge in [-0.3, -0.25) is 14.7 Å². The molecule has 2 aromatic heterocycles. The van der Waals surface area contributed by atoms with Crippen LogP contribution in [0.5, 0.6) is 5.88 Å². The van der Waals surface area contributed by atoms with Crippen LogP contribution in [0.3, 0.4) is 0 Å². The van der Waals surface area contributed by atoms with Gasteiger partial charge in [-0.2, -0.15) is 0 Å². The van der Waals surface area contributed by atoms with Crippen molar-refractivity contribution < 1.29 is 14.3 Å². The van der Waals surface area contributed by atoms with Crippen LogP contribution in [-0.4, -0.2) is 71.2 Å². The molecule has 1 unspecified atom stereocenters. The number of nitrogens with zero attached hydrogens (tertiary/aromatic N) is 4. The van der Waals surface area contributed by atoms with Crippen molar-refractivity contribution in [2.45, 2.75) is 19.1 Å². The fourth-order valence-electron chi connectivity index (χ4n) is 3.50. The van der Waals surface area contributed by atoms with Gasteiger partial charge in [0, 0.05) is 45.1 Å². The number of carbonyl (C=O) groups excluding carboxylic acids is 1. The summed E-state index contributed by atoms with van der Waals surface area (Å²) in [4.78, 5) is 25.7. The maximum Gasteiger partial charge on any atom is 0.259 e. The van der Waals surface area contributed by atoms with Gasteiger partial charge in [-0.25, -0.2) is 4.98 Å². The predicted octanol–water partition coefficient (Wildman–Crippen LogP) is 1.60. The molecular formula is C20H24N4O3. The molecule has 0 radical (unpaired) electrons. The van der Waals surface area contributed by atoms with E-state index in [0.29, 0.717) is 37.7 Å². The highest BCUT2D eigenvalue weighted by molar-refractivity contribution is 5.96. The number of morpholine rings is 1. The number of pyridine rings is 2. The van der Waals surface area contributed by atoms with E-state index in [-0.39, 0.29) is 12.0 Å². The lowest BCUT2D eigenvalue weighted by molar-refractivity contribution is 0.0298. The van der Waals surface area contributed by atoms with E-state index in [4.69, 9.17) is 9.47 Å². The van der Waals surface area contributed by atoms with Crippen LogP contribution in [0.15, 0.2) is 42.7 Å². The number of likely N-dealkylation sites (tertiary alicyclic amines) is 1. The van der Waals surface area contributed by atoms with Crippen LogP contribution < -0.4 is 4.74 Å². The number of hydrogen-bond donors (Lipinski definition) is 0. The molecule has 0 spiro atoms. The first kappa shape index (κ1) is 17.9. The maximum atomic E-state index is 12.8. The molecule has 1 amide bonds. The summed E-state index contributed by atoms with van der Waals surface area (Å²) in [5.74, 6) is 0.392. The number of ether oxygens (including phenoxy) is 2. The van der Waals surface area contributed by atoms with Crippen molar-refractivity contribution in [3.05, 3.63) is 54.0 Å². The van der Waals surface area contributed by atoms with Gasteiger partial charge in [-0.15, -0.1) is 0 Å². The monoisotopic (exact) mass is 368 g/mol. The lowest BCUT2D eigenvalue weighted by atomic mass is 10.2. The largest absolute Gasteiger partial charge is 0.472 e. The first-order chi connectivity index (χ1) is 13.3. The standard InChI is InChI=1S/C20H24N4O3/c25-20(24-10-12-26-13-11-24)18-5-3-8-22-19(18)27-17-6-9-23(15-17)14-16-4-1-2-7-21-16/h1-5,7-8,17H,6,9-15H2. The molecule has 7 nitrogen and oxygen atoms in total. The highest BCUT2D eigenvalue weighted by atomic mass is 16.5. The highest BCUT2D eigenvalue weighted by Crippen LogP contribution is 2.22. The van der Waals surface area contributed by atoms with E-state index >= 15 is 0 Å². The molecule has 2 aliphatic heterocycles. The van der Waals surface area contributed by atoms with Gasteiger partial charge in [0.1, 0.15) is 11.7 Å². The molecule has 2 saturated heterocycles. The topological polar surface area (TPSA) is 67.8 Å². The van der Waals surface area contributed by atoms with Gasteiger partial charge in [0.15, 0.2) is 0 Å². The average molecular weight is 368 g/mol. The van der Waals surface area contributed by atoms with Crippen molar-refractivity contribution in [3.8, 4) is 5.88 Å².